The molecule has 0 amide bonds. The third kappa shape index (κ3) is 1050. The predicted octanol–water partition coefficient (Wildman–Crippen LogP) is -2.00. The van der Waals surface area contributed by atoms with Crippen molar-refractivity contribution in [2.24, 2.45) is 0 Å². The summed E-state index contributed by atoms with van der Waals surface area (Å²) in [6, 6.07) is 0. The third-order valence-electron chi connectivity index (χ3n) is 0. The second-order valence-electron chi connectivity index (χ2n) is 0.730. The second kappa shape index (κ2) is 10.9. The van der Waals surface area contributed by atoms with Crippen molar-refractivity contribution in [1.82, 2.24) is 0 Å². The van der Waals surface area contributed by atoms with Crippen LogP contribution in [0.2, 0.25) is 0 Å². The Bertz CT molecular complexity index is 161. The summed E-state index contributed by atoms with van der Waals surface area (Å²) in [7, 11) is -4.67. The van der Waals surface area contributed by atoms with Gasteiger partial charge < -0.3 is 10.2 Å². The molecule has 10 heteroatoms. The Labute approximate surface area is 101 Å². The van der Waals surface area contributed by atoms with Gasteiger partial charge in [0.1, 0.15) is 0 Å². The average Bonchev–Trinajstić information content (AvgIpc) is 1.19. The zero-order chi connectivity index (χ0) is 8.08. The Hall–Kier alpha value is 0.906. The van der Waals surface area contributed by atoms with E-state index < -0.39 is 16.6 Å². The van der Waals surface area contributed by atoms with Gasteiger partial charge in [0, 0.05) is 0 Å². The van der Waals surface area contributed by atoms with Gasteiger partial charge >= 0.3 is 69.2 Å². The summed E-state index contributed by atoms with van der Waals surface area (Å²) in [5.41, 5.74) is 0. The number of rotatable bonds is 0. The third-order valence-corrected chi connectivity index (χ3v) is 0. The first kappa shape index (κ1) is 22.7. The van der Waals surface area contributed by atoms with E-state index in [4.69, 9.17) is 32.5 Å². The maximum atomic E-state index is 8.74. The first-order valence-corrected chi connectivity index (χ1v) is 2.75. The Morgan fingerprint density at radius 1 is 1.09 bits per heavy atom. The molecule has 0 aliphatic carbocycles. The molecule has 0 aromatic heterocycles. The summed E-state index contributed by atoms with van der Waals surface area (Å²) in [4.78, 5) is 8.56. The molecule has 62 valence electrons. The van der Waals surface area contributed by atoms with Crippen LogP contribution in [0.5, 0.6) is 0 Å². The molecule has 0 rings (SSSR count). The summed E-state index contributed by atoms with van der Waals surface area (Å²) < 4.78 is 31.6. The molecule has 0 aromatic rings. The van der Waals surface area contributed by atoms with Crippen molar-refractivity contribution < 1.29 is 32.5 Å². The van der Waals surface area contributed by atoms with E-state index in [0.717, 1.165) is 0 Å². The van der Waals surface area contributed by atoms with Gasteiger partial charge in [-0.15, -0.1) is 0 Å². The molecule has 0 bridgehead atoms. The Kier molecular flexibility index (Phi) is 22.5. The summed E-state index contributed by atoms with van der Waals surface area (Å²) in [6.07, 6.45) is -1.83. The van der Waals surface area contributed by atoms with Gasteiger partial charge in [-0.2, -0.15) is 8.42 Å². The average molecular weight is 210 g/mol. The zero-order valence-electron chi connectivity index (χ0n) is 3.92. The predicted molar refractivity (Wildman–Crippen MR) is 40.5 cm³/mol. The quantitative estimate of drug-likeness (QED) is 0.269. The number of carbonyl (C=O) groups is 1. The Balaban J connectivity index is -0.0000000383. The van der Waals surface area contributed by atoms with Gasteiger partial charge in [0.15, 0.2) is 0 Å². The molecule has 0 saturated heterocycles. The molecule has 7 nitrogen and oxygen atoms in total. The fourth-order valence-corrected chi connectivity index (χ4v) is 0. The van der Waals surface area contributed by atoms with Crippen molar-refractivity contribution in [3.8, 4) is 0 Å². The van der Waals surface area contributed by atoms with E-state index in [1.165, 1.54) is 0 Å². The minimum absolute atomic E-state index is 0. The fourth-order valence-electron chi connectivity index (χ4n) is 0. The van der Waals surface area contributed by atoms with E-state index in [-0.39, 0.29) is 52.6 Å². The molecular weight excluding hydrogens is 203 g/mol. The van der Waals surface area contributed by atoms with Gasteiger partial charge in [-0.05, 0) is 0 Å². The van der Waals surface area contributed by atoms with Crippen molar-refractivity contribution in [3.05, 3.63) is 0 Å². The van der Waals surface area contributed by atoms with Crippen LogP contribution in [0.1, 0.15) is 0 Å². The van der Waals surface area contributed by atoms with Crippen molar-refractivity contribution in [1.29, 1.82) is 0 Å². The van der Waals surface area contributed by atoms with Crippen LogP contribution in [-0.2, 0) is 10.4 Å². The molecule has 0 atom stereocenters. The standard InChI is InChI=1S/CH2O3.Mg.Na.H2O4S.3H/c2-1(3)4;;;1-5(2,3)4;;;/h(H2,2,3,4);;;(H2,1,2,3,4);;;. The zero-order valence-corrected chi connectivity index (χ0v) is 4.74. The SMILES string of the molecule is O=C(O)O.O=S(=O)(O)O.[MgH2].[NaH]. The van der Waals surface area contributed by atoms with Crippen LogP contribution in [0.4, 0.5) is 4.79 Å². The van der Waals surface area contributed by atoms with Gasteiger partial charge in [-0.25, -0.2) is 4.79 Å². The van der Waals surface area contributed by atoms with Crippen molar-refractivity contribution in [2.45, 2.75) is 0 Å². The van der Waals surface area contributed by atoms with Crippen LogP contribution in [0.25, 0.3) is 0 Å². The minimum atomic E-state index is -4.67. The van der Waals surface area contributed by atoms with E-state index >= 15 is 0 Å². The van der Waals surface area contributed by atoms with Crippen LogP contribution in [0.15, 0.2) is 0 Å². The first-order chi connectivity index (χ1) is 3.73. The summed E-state index contributed by atoms with van der Waals surface area (Å²) in [5, 5.41) is 13.9. The van der Waals surface area contributed by atoms with Crippen LogP contribution in [0.3, 0.4) is 0 Å². The van der Waals surface area contributed by atoms with Crippen LogP contribution < -0.4 is 0 Å². The number of hydrogen-bond acceptors (Lipinski definition) is 3. The molecule has 4 N–H and O–H groups in total. The monoisotopic (exact) mass is 210 g/mol. The Morgan fingerprint density at radius 3 is 1.09 bits per heavy atom. The number of hydrogen-bond donors (Lipinski definition) is 4. The fraction of sp³-hybridized carbons (Fsp3) is 0. The molecule has 0 fully saturated rings. The maximum absolute atomic E-state index is 8.74. The van der Waals surface area contributed by atoms with Crippen LogP contribution >= 0.6 is 0 Å². The molecular formula is CH7MgNaO7S. The molecule has 0 aromatic carbocycles. The molecule has 0 unspecified atom stereocenters. The van der Waals surface area contributed by atoms with Crippen LogP contribution in [0, 0.1) is 0 Å². The van der Waals surface area contributed by atoms with Gasteiger partial charge in [0.25, 0.3) is 0 Å². The topological polar surface area (TPSA) is 132 Å². The van der Waals surface area contributed by atoms with Crippen molar-refractivity contribution >= 4 is 69.2 Å². The molecule has 11 heavy (non-hydrogen) atoms. The molecule has 0 aliphatic rings. The summed E-state index contributed by atoms with van der Waals surface area (Å²) >= 11 is 0. The van der Waals surface area contributed by atoms with Gasteiger partial charge in [-0.1, -0.05) is 0 Å². The van der Waals surface area contributed by atoms with E-state index in [2.05, 4.69) is 0 Å². The normalized spacial score (nSPS) is 7.45. The summed E-state index contributed by atoms with van der Waals surface area (Å²) in [5.74, 6) is 0. The Morgan fingerprint density at radius 2 is 1.09 bits per heavy atom. The van der Waals surface area contributed by atoms with E-state index in [0.29, 0.717) is 0 Å². The van der Waals surface area contributed by atoms with Gasteiger partial charge in [0.05, 0.1) is 0 Å². The van der Waals surface area contributed by atoms with E-state index in [9.17, 15) is 0 Å². The second-order valence-corrected chi connectivity index (χ2v) is 1.63. The molecule has 0 aliphatic heterocycles. The molecule has 0 heterocycles. The molecule has 0 saturated carbocycles. The van der Waals surface area contributed by atoms with Crippen LogP contribution in [-0.4, -0.2) is 86.5 Å². The van der Waals surface area contributed by atoms with Crippen molar-refractivity contribution in [3.63, 3.8) is 0 Å². The van der Waals surface area contributed by atoms with E-state index in [1.807, 2.05) is 0 Å². The van der Waals surface area contributed by atoms with Gasteiger partial charge in [0.2, 0.25) is 0 Å². The summed E-state index contributed by atoms with van der Waals surface area (Å²) in [6.45, 7) is 0. The molecule has 0 spiro atoms. The van der Waals surface area contributed by atoms with E-state index in [1.54, 1.807) is 0 Å². The first-order valence-electron chi connectivity index (χ1n) is 1.35. The van der Waals surface area contributed by atoms with Gasteiger partial charge in [-0.3, -0.25) is 9.11 Å². The number of carboxylic acid groups (broad SMARTS) is 2. The molecule has 0 radical (unpaired) electrons. The van der Waals surface area contributed by atoms with Crippen molar-refractivity contribution in [2.75, 3.05) is 0 Å².